The lowest BCUT2D eigenvalue weighted by Gasteiger charge is -2.38. The molecule has 3 heterocycles. The second-order valence-corrected chi connectivity index (χ2v) is 7.48. The highest BCUT2D eigenvalue weighted by molar-refractivity contribution is 6.30. The summed E-state index contributed by atoms with van der Waals surface area (Å²) >= 11 is 6.09. The zero-order valence-corrected chi connectivity index (χ0v) is 18.4. The zero-order valence-electron chi connectivity index (χ0n) is 16.9. The summed E-state index contributed by atoms with van der Waals surface area (Å²) in [7, 11) is 0. The molecule has 0 aliphatic carbocycles. The molecule has 1 aromatic carbocycles. The van der Waals surface area contributed by atoms with E-state index in [-0.39, 0.29) is 18.2 Å². The van der Waals surface area contributed by atoms with Crippen LogP contribution in [0.5, 0.6) is 5.75 Å². The minimum Gasteiger partial charge on any atom is -0.506 e. The van der Waals surface area contributed by atoms with Crippen LogP contribution in [-0.2, 0) is 0 Å². The van der Waals surface area contributed by atoms with E-state index in [4.69, 9.17) is 11.6 Å². The number of phenols is 1. The Hall–Kier alpha value is -2.77. The van der Waals surface area contributed by atoms with E-state index in [0.717, 1.165) is 43.1 Å². The highest BCUT2D eigenvalue weighted by atomic mass is 35.5. The molecule has 7 nitrogen and oxygen atoms in total. The lowest BCUT2D eigenvalue weighted by Crippen LogP contribution is -2.45. The Morgan fingerprint density at radius 2 is 1.83 bits per heavy atom. The lowest BCUT2D eigenvalue weighted by atomic mass is 10.2. The molecule has 0 unspecified atom stereocenters. The summed E-state index contributed by atoms with van der Waals surface area (Å²) in [6.45, 7) is 7.49. The minimum atomic E-state index is 0. The van der Waals surface area contributed by atoms with Gasteiger partial charge in [-0.25, -0.2) is 14.6 Å². The minimum absolute atomic E-state index is 0. The molecule has 0 bridgehead atoms. The highest BCUT2D eigenvalue weighted by Gasteiger charge is 2.20. The van der Waals surface area contributed by atoms with Gasteiger partial charge in [-0.1, -0.05) is 11.6 Å². The second kappa shape index (κ2) is 9.36. The molecule has 1 N–H and O–H groups in total. The van der Waals surface area contributed by atoms with Gasteiger partial charge in [-0.2, -0.15) is 5.10 Å². The van der Waals surface area contributed by atoms with E-state index < -0.39 is 0 Å². The molecule has 158 valence electrons. The number of halogens is 2. The average molecular weight is 447 g/mol. The summed E-state index contributed by atoms with van der Waals surface area (Å²) in [6.07, 6.45) is 7.41. The van der Waals surface area contributed by atoms with E-state index >= 15 is 0 Å². The number of rotatable bonds is 4. The van der Waals surface area contributed by atoms with Crippen molar-refractivity contribution >= 4 is 35.8 Å². The van der Waals surface area contributed by atoms with E-state index in [1.165, 1.54) is 5.70 Å². The van der Waals surface area contributed by atoms with Gasteiger partial charge in [-0.15, -0.1) is 12.4 Å². The van der Waals surface area contributed by atoms with Crippen LogP contribution in [0.1, 0.15) is 18.2 Å². The van der Waals surface area contributed by atoms with E-state index in [0.29, 0.717) is 11.0 Å². The van der Waals surface area contributed by atoms with Gasteiger partial charge in [-0.3, -0.25) is 0 Å². The van der Waals surface area contributed by atoms with Crippen molar-refractivity contribution in [3.63, 3.8) is 0 Å². The number of aromatic nitrogens is 4. The zero-order chi connectivity index (χ0) is 20.4. The summed E-state index contributed by atoms with van der Waals surface area (Å²) in [5.74, 6) is 0.832. The van der Waals surface area contributed by atoms with Gasteiger partial charge in [0.25, 0.3) is 5.95 Å². The van der Waals surface area contributed by atoms with E-state index in [9.17, 15) is 5.11 Å². The van der Waals surface area contributed by atoms with Crippen LogP contribution in [0.4, 0.5) is 5.69 Å². The Bertz CT molecular complexity index is 1030. The van der Waals surface area contributed by atoms with Crippen molar-refractivity contribution in [1.29, 1.82) is 0 Å². The molecular weight excluding hydrogens is 423 g/mol. The SMILES string of the molecule is C/C(=C\c1cnn(-c2ncccn2)c1C)N1CCN(c2cc(Cl)ccc2O)CC1.Cl. The van der Waals surface area contributed by atoms with Crippen LogP contribution < -0.4 is 4.90 Å². The maximum absolute atomic E-state index is 10.1. The monoisotopic (exact) mass is 446 g/mol. The molecular formula is C21H24Cl2N6O. The molecule has 30 heavy (non-hydrogen) atoms. The number of hydrogen-bond donors (Lipinski definition) is 1. The molecule has 9 heteroatoms. The maximum Gasteiger partial charge on any atom is 0.250 e. The third-order valence-electron chi connectivity index (χ3n) is 5.21. The molecule has 1 saturated heterocycles. The second-order valence-electron chi connectivity index (χ2n) is 7.04. The maximum atomic E-state index is 10.1. The molecule has 0 radical (unpaired) electrons. The van der Waals surface area contributed by atoms with Crippen molar-refractivity contribution in [3.05, 3.63) is 64.8 Å². The molecule has 0 amide bonds. The average Bonchev–Trinajstić information content (AvgIpc) is 3.10. The third kappa shape index (κ3) is 4.52. The summed E-state index contributed by atoms with van der Waals surface area (Å²) in [6, 6.07) is 6.95. The van der Waals surface area contributed by atoms with Gasteiger partial charge in [0, 0.05) is 54.9 Å². The lowest BCUT2D eigenvalue weighted by molar-refractivity contribution is 0.323. The van der Waals surface area contributed by atoms with E-state index in [1.54, 1.807) is 35.3 Å². The fourth-order valence-corrected chi connectivity index (χ4v) is 3.70. The highest BCUT2D eigenvalue weighted by Crippen LogP contribution is 2.31. The Morgan fingerprint density at radius 3 is 2.53 bits per heavy atom. The summed E-state index contributed by atoms with van der Waals surface area (Å²) in [5.41, 5.74) is 4.01. The molecule has 1 aliphatic rings. The van der Waals surface area contributed by atoms with Crippen LogP contribution in [0.15, 0.2) is 48.6 Å². The smallest absolute Gasteiger partial charge is 0.250 e. The molecule has 3 aromatic rings. The van der Waals surface area contributed by atoms with Crippen molar-refractivity contribution in [2.24, 2.45) is 0 Å². The van der Waals surface area contributed by atoms with Crippen molar-refractivity contribution in [2.75, 3.05) is 31.1 Å². The Morgan fingerprint density at radius 1 is 1.13 bits per heavy atom. The topological polar surface area (TPSA) is 70.3 Å². The molecule has 0 saturated carbocycles. The van der Waals surface area contributed by atoms with Gasteiger partial charge >= 0.3 is 0 Å². The number of allylic oxidation sites excluding steroid dienone is 1. The molecule has 4 rings (SSSR count). The standard InChI is InChI=1S/C21H23ClN6O.ClH/c1-15(12-17-14-25-28(16(17)2)21-23-6-3-7-24-21)26-8-10-27(11-9-26)19-13-18(22)4-5-20(19)29;/h3-7,12-14,29H,8-11H2,1-2H3;1H/b15-12+;. The summed E-state index contributed by atoms with van der Waals surface area (Å²) < 4.78 is 1.75. The fourth-order valence-electron chi connectivity index (χ4n) is 3.53. The van der Waals surface area contributed by atoms with Crippen molar-refractivity contribution in [3.8, 4) is 11.7 Å². The van der Waals surface area contributed by atoms with Crippen molar-refractivity contribution < 1.29 is 5.11 Å². The summed E-state index contributed by atoms with van der Waals surface area (Å²) in [4.78, 5) is 13.0. The van der Waals surface area contributed by atoms with Gasteiger partial charge in [0.15, 0.2) is 0 Å². The van der Waals surface area contributed by atoms with Crippen LogP contribution in [0.2, 0.25) is 5.02 Å². The van der Waals surface area contributed by atoms with E-state index in [2.05, 4.69) is 37.9 Å². The van der Waals surface area contributed by atoms with Crippen LogP contribution in [0.25, 0.3) is 12.0 Å². The summed E-state index contributed by atoms with van der Waals surface area (Å²) in [5, 5.41) is 15.2. The Kier molecular flexibility index (Phi) is 6.84. The Labute approximate surface area is 187 Å². The predicted molar refractivity (Wildman–Crippen MR) is 122 cm³/mol. The van der Waals surface area contributed by atoms with Crippen LogP contribution in [0, 0.1) is 6.92 Å². The van der Waals surface area contributed by atoms with Gasteiger partial charge in [0.2, 0.25) is 0 Å². The number of benzene rings is 1. The number of phenolic OH excluding ortho intramolecular Hbond substituents is 1. The first-order chi connectivity index (χ1) is 14.0. The first-order valence-corrected chi connectivity index (χ1v) is 9.89. The Balaban J connectivity index is 0.00000256. The normalized spacial score (nSPS) is 14.6. The largest absolute Gasteiger partial charge is 0.506 e. The predicted octanol–water partition coefficient (Wildman–Crippen LogP) is 3.93. The number of anilines is 1. The molecule has 1 fully saturated rings. The van der Waals surface area contributed by atoms with Gasteiger partial charge in [0.05, 0.1) is 17.6 Å². The number of piperazine rings is 1. The number of nitrogens with zero attached hydrogens (tertiary/aromatic N) is 6. The number of hydrogen-bond acceptors (Lipinski definition) is 6. The molecule has 2 aromatic heterocycles. The van der Waals surface area contributed by atoms with Gasteiger partial charge in [0.1, 0.15) is 5.75 Å². The van der Waals surface area contributed by atoms with Crippen LogP contribution >= 0.6 is 24.0 Å². The van der Waals surface area contributed by atoms with Crippen LogP contribution in [-0.4, -0.2) is 55.9 Å². The molecule has 1 aliphatic heterocycles. The van der Waals surface area contributed by atoms with Gasteiger partial charge in [-0.05, 0) is 44.2 Å². The molecule has 0 spiro atoms. The van der Waals surface area contributed by atoms with E-state index in [1.807, 2.05) is 19.2 Å². The van der Waals surface area contributed by atoms with Crippen molar-refractivity contribution in [1.82, 2.24) is 24.6 Å². The first kappa shape index (κ1) is 21.9. The van der Waals surface area contributed by atoms with Gasteiger partial charge < -0.3 is 14.9 Å². The third-order valence-corrected chi connectivity index (χ3v) is 5.45. The van der Waals surface area contributed by atoms with Crippen LogP contribution in [0.3, 0.4) is 0 Å². The number of aromatic hydroxyl groups is 1. The molecule has 0 atom stereocenters. The fraction of sp³-hybridized carbons (Fsp3) is 0.286. The quantitative estimate of drug-likeness (QED) is 0.654. The first-order valence-electron chi connectivity index (χ1n) is 9.51. The van der Waals surface area contributed by atoms with Crippen molar-refractivity contribution in [2.45, 2.75) is 13.8 Å².